The van der Waals surface area contributed by atoms with Crippen LogP contribution >= 0.6 is 0 Å². The molecule has 1 saturated carbocycles. The summed E-state index contributed by atoms with van der Waals surface area (Å²) in [4.78, 5) is 8.77. The minimum atomic E-state index is 0.342. The van der Waals surface area contributed by atoms with Gasteiger partial charge in [0.2, 0.25) is 0 Å². The second kappa shape index (κ2) is 4.91. The third-order valence-corrected chi connectivity index (χ3v) is 3.45. The van der Waals surface area contributed by atoms with Crippen LogP contribution < -0.4 is 5.32 Å². The summed E-state index contributed by atoms with van der Waals surface area (Å²) in [5.74, 6) is 1.20. The van der Waals surface area contributed by atoms with Gasteiger partial charge in [0.1, 0.15) is 6.07 Å². The number of nitriles is 1. The molecule has 5 nitrogen and oxygen atoms in total. The molecule has 1 N–H and O–H groups in total. The van der Waals surface area contributed by atoms with Crippen LogP contribution in [0.3, 0.4) is 0 Å². The van der Waals surface area contributed by atoms with Crippen molar-refractivity contribution in [1.82, 2.24) is 9.97 Å². The van der Waals surface area contributed by atoms with Crippen LogP contribution in [0.15, 0.2) is 6.20 Å². The Bertz CT molecular complexity index is 472. The van der Waals surface area contributed by atoms with Gasteiger partial charge in [-0.1, -0.05) is 0 Å². The summed E-state index contributed by atoms with van der Waals surface area (Å²) in [6.45, 7) is 1.55. The number of nitrogens with zero attached hydrogens (tertiary/aromatic N) is 3. The molecular formula is C13H16N4O. The van der Waals surface area contributed by atoms with E-state index in [1.54, 1.807) is 6.20 Å². The lowest BCUT2D eigenvalue weighted by Crippen LogP contribution is -2.28. The lowest BCUT2D eigenvalue weighted by Gasteiger charge is -2.23. The first-order chi connectivity index (χ1) is 8.86. The zero-order chi connectivity index (χ0) is 12.4. The average molecular weight is 244 g/mol. The molecule has 5 heteroatoms. The number of nitrogens with one attached hydrogen (secondary N) is 1. The fourth-order valence-corrected chi connectivity index (χ4v) is 2.20. The van der Waals surface area contributed by atoms with Crippen molar-refractivity contribution >= 4 is 5.82 Å². The van der Waals surface area contributed by atoms with E-state index in [0.29, 0.717) is 23.5 Å². The van der Waals surface area contributed by atoms with Gasteiger partial charge in [0.25, 0.3) is 0 Å². The molecule has 1 aromatic rings. The summed E-state index contributed by atoms with van der Waals surface area (Å²) in [7, 11) is 0. The third kappa shape index (κ3) is 2.44. The SMILES string of the molecule is N#Cc1ncc(C2CC2)nc1NC1CCOCC1. The van der Waals surface area contributed by atoms with Crippen LogP contribution in [-0.2, 0) is 4.74 Å². The summed E-state index contributed by atoms with van der Waals surface area (Å²) in [5, 5.41) is 12.4. The number of anilines is 1. The average Bonchev–Trinajstić information content (AvgIpc) is 3.24. The van der Waals surface area contributed by atoms with Gasteiger partial charge >= 0.3 is 0 Å². The molecular weight excluding hydrogens is 228 g/mol. The molecule has 2 heterocycles. The predicted molar refractivity (Wildman–Crippen MR) is 66.2 cm³/mol. The molecule has 94 valence electrons. The lowest BCUT2D eigenvalue weighted by molar-refractivity contribution is 0.0903. The van der Waals surface area contributed by atoms with Crippen LogP contribution in [0.1, 0.15) is 43.0 Å². The van der Waals surface area contributed by atoms with E-state index in [1.807, 2.05) is 0 Å². The van der Waals surface area contributed by atoms with Gasteiger partial charge in [-0.25, -0.2) is 9.97 Å². The van der Waals surface area contributed by atoms with Crippen LogP contribution in [0.25, 0.3) is 0 Å². The fourth-order valence-electron chi connectivity index (χ4n) is 2.20. The Morgan fingerprint density at radius 1 is 1.28 bits per heavy atom. The second-order valence-electron chi connectivity index (χ2n) is 4.91. The molecule has 0 aromatic carbocycles. The highest BCUT2D eigenvalue weighted by Crippen LogP contribution is 2.39. The van der Waals surface area contributed by atoms with Crippen molar-refractivity contribution in [3.05, 3.63) is 17.6 Å². The van der Waals surface area contributed by atoms with Gasteiger partial charge in [0.05, 0.1) is 11.9 Å². The molecule has 1 aliphatic carbocycles. The third-order valence-electron chi connectivity index (χ3n) is 3.45. The van der Waals surface area contributed by atoms with E-state index in [1.165, 1.54) is 12.8 Å². The van der Waals surface area contributed by atoms with Crippen molar-refractivity contribution in [2.75, 3.05) is 18.5 Å². The van der Waals surface area contributed by atoms with Crippen molar-refractivity contribution in [1.29, 1.82) is 5.26 Å². The van der Waals surface area contributed by atoms with E-state index in [9.17, 15) is 0 Å². The van der Waals surface area contributed by atoms with E-state index in [2.05, 4.69) is 21.4 Å². The topological polar surface area (TPSA) is 70.8 Å². The van der Waals surface area contributed by atoms with Crippen LogP contribution in [0.2, 0.25) is 0 Å². The first-order valence-electron chi connectivity index (χ1n) is 6.48. The maximum absolute atomic E-state index is 9.08. The molecule has 1 aliphatic heterocycles. The molecule has 2 fully saturated rings. The number of ether oxygens (including phenoxy) is 1. The maximum Gasteiger partial charge on any atom is 0.183 e. The molecule has 0 radical (unpaired) electrons. The number of rotatable bonds is 3. The van der Waals surface area contributed by atoms with Crippen molar-refractivity contribution in [2.24, 2.45) is 0 Å². The first kappa shape index (κ1) is 11.4. The smallest absolute Gasteiger partial charge is 0.183 e. The van der Waals surface area contributed by atoms with Crippen LogP contribution in [0.4, 0.5) is 5.82 Å². The zero-order valence-corrected chi connectivity index (χ0v) is 10.2. The molecule has 0 amide bonds. The Hall–Kier alpha value is -1.67. The van der Waals surface area contributed by atoms with Crippen molar-refractivity contribution < 1.29 is 4.74 Å². The lowest BCUT2D eigenvalue weighted by atomic mass is 10.1. The van der Waals surface area contributed by atoms with Crippen molar-refractivity contribution in [3.8, 4) is 6.07 Å². The van der Waals surface area contributed by atoms with Gasteiger partial charge in [-0.3, -0.25) is 0 Å². The molecule has 2 aliphatic rings. The number of hydrogen-bond donors (Lipinski definition) is 1. The summed E-state index contributed by atoms with van der Waals surface area (Å²) in [6, 6.07) is 2.45. The normalized spacial score (nSPS) is 20.4. The number of aromatic nitrogens is 2. The highest BCUT2D eigenvalue weighted by Gasteiger charge is 2.26. The minimum absolute atomic E-state index is 0.342. The largest absolute Gasteiger partial charge is 0.381 e. The number of hydrogen-bond acceptors (Lipinski definition) is 5. The summed E-state index contributed by atoms with van der Waals surface area (Å²) in [6.07, 6.45) is 6.04. The van der Waals surface area contributed by atoms with Crippen molar-refractivity contribution in [2.45, 2.75) is 37.6 Å². The van der Waals surface area contributed by atoms with Gasteiger partial charge in [-0.05, 0) is 25.7 Å². The summed E-state index contributed by atoms with van der Waals surface area (Å²) < 4.78 is 5.32. The Kier molecular flexibility index (Phi) is 3.11. The molecule has 0 bridgehead atoms. The van der Waals surface area contributed by atoms with Gasteiger partial charge in [-0.2, -0.15) is 5.26 Å². The highest BCUT2D eigenvalue weighted by atomic mass is 16.5. The summed E-state index contributed by atoms with van der Waals surface area (Å²) >= 11 is 0. The van der Waals surface area contributed by atoms with E-state index < -0.39 is 0 Å². The fraction of sp³-hybridized carbons (Fsp3) is 0.615. The van der Waals surface area contributed by atoms with Gasteiger partial charge < -0.3 is 10.1 Å². The van der Waals surface area contributed by atoms with Gasteiger partial charge in [-0.15, -0.1) is 0 Å². The quantitative estimate of drug-likeness (QED) is 0.878. The Morgan fingerprint density at radius 2 is 2.06 bits per heavy atom. The maximum atomic E-state index is 9.08. The Labute approximate surface area is 106 Å². The van der Waals surface area contributed by atoms with Crippen molar-refractivity contribution in [3.63, 3.8) is 0 Å². The molecule has 0 atom stereocenters. The monoisotopic (exact) mass is 244 g/mol. The molecule has 18 heavy (non-hydrogen) atoms. The molecule has 0 spiro atoms. The van der Waals surface area contributed by atoms with E-state index in [4.69, 9.17) is 10.00 Å². The molecule has 3 rings (SSSR count). The first-order valence-corrected chi connectivity index (χ1v) is 6.48. The Balaban J connectivity index is 1.79. The predicted octanol–water partition coefficient (Wildman–Crippen LogP) is 1.82. The van der Waals surface area contributed by atoms with E-state index in [-0.39, 0.29) is 0 Å². The Morgan fingerprint density at radius 3 is 2.72 bits per heavy atom. The minimum Gasteiger partial charge on any atom is -0.381 e. The van der Waals surface area contributed by atoms with Gasteiger partial charge in [0, 0.05) is 25.2 Å². The van der Waals surface area contributed by atoms with Crippen LogP contribution in [-0.4, -0.2) is 29.2 Å². The van der Waals surface area contributed by atoms with Crippen LogP contribution in [0.5, 0.6) is 0 Å². The van der Waals surface area contributed by atoms with Crippen LogP contribution in [0, 0.1) is 11.3 Å². The molecule has 1 aromatic heterocycles. The standard InChI is InChI=1S/C13H16N4O/c14-7-11-13(16-10-3-5-18-6-4-10)17-12(8-15-11)9-1-2-9/h8-10H,1-6H2,(H,16,17). The second-order valence-corrected chi connectivity index (χ2v) is 4.91. The van der Waals surface area contributed by atoms with Gasteiger partial charge in [0.15, 0.2) is 11.5 Å². The van der Waals surface area contributed by atoms with E-state index in [0.717, 1.165) is 31.7 Å². The summed E-state index contributed by atoms with van der Waals surface area (Å²) in [5.41, 5.74) is 1.41. The highest BCUT2D eigenvalue weighted by molar-refractivity contribution is 5.48. The van der Waals surface area contributed by atoms with E-state index >= 15 is 0 Å². The molecule has 1 saturated heterocycles. The zero-order valence-electron chi connectivity index (χ0n) is 10.2. The molecule has 0 unspecified atom stereocenters.